The summed E-state index contributed by atoms with van der Waals surface area (Å²) in [6.45, 7) is 3.13. The highest BCUT2D eigenvalue weighted by Crippen LogP contribution is 2.34. The molecule has 0 aliphatic carbocycles. The normalized spacial score (nSPS) is 23.2. The van der Waals surface area contributed by atoms with Crippen molar-refractivity contribution in [3.63, 3.8) is 0 Å². The Morgan fingerprint density at radius 1 is 1.50 bits per heavy atom. The fraction of sp³-hybridized carbons (Fsp3) is 0.500. The molecule has 16 heavy (non-hydrogen) atoms. The van der Waals surface area contributed by atoms with Crippen LogP contribution in [0.4, 0.5) is 5.69 Å². The fourth-order valence-corrected chi connectivity index (χ4v) is 2.28. The van der Waals surface area contributed by atoms with Gasteiger partial charge in [-0.1, -0.05) is 15.9 Å². The summed E-state index contributed by atoms with van der Waals surface area (Å²) in [4.78, 5) is 0. The molecule has 1 heterocycles. The Kier molecular flexibility index (Phi) is 3.71. The maximum absolute atomic E-state index is 5.98. The van der Waals surface area contributed by atoms with E-state index in [4.69, 9.17) is 4.74 Å². The van der Waals surface area contributed by atoms with Crippen LogP contribution in [0.15, 0.2) is 22.7 Å². The second-order valence-corrected chi connectivity index (χ2v) is 5.04. The number of hydrogen-bond donors (Lipinski definition) is 2. The van der Waals surface area contributed by atoms with E-state index in [1.807, 2.05) is 19.2 Å². The number of nitrogens with one attached hydrogen (secondary N) is 2. The van der Waals surface area contributed by atoms with Crippen LogP contribution in [0.3, 0.4) is 0 Å². The van der Waals surface area contributed by atoms with Crippen molar-refractivity contribution >= 4 is 21.6 Å². The molecular formula is C12H17BrN2O. The summed E-state index contributed by atoms with van der Waals surface area (Å²) >= 11 is 3.46. The highest BCUT2D eigenvalue weighted by Gasteiger charge is 2.25. The second-order valence-electron chi connectivity index (χ2n) is 4.12. The number of halogens is 1. The first-order chi connectivity index (χ1) is 7.70. The van der Waals surface area contributed by atoms with E-state index in [0.29, 0.717) is 6.04 Å². The predicted octanol–water partition coefficient (Wildman–Crippen LogP) is 2.62. The maximum atomic E-state index is 5.98. The molecule has 0 radical (unpaired) electrons. The van der Waals surface area contributed by atoms with E-state index >= 15 is 0 Å². The standard InChI is InChI=1S/C12H17BrN2O/c1-8-11(5-6-14-2)16-12-4-3-9(13)7-10(12)15-8/h3-4,7-8,11,14-15H,5-6H2,1-2H3. The minimum absolute atomic E-state index is 0.237. The van der Waals surface area contributed by atoms with E-state index in [0.717, 1.165) is 28.9 Å². The minimum Gasteiger partial charge on any atom is -0.486 e. The lowest BCUT2D eigenvalue weighted by atomic mass is 10.1. The van der Waals surface area contributed by atoms with Crippen LogP contribution in [0.5, 0.6) is 5.75 Å². The van der Waals surface area contributed by atoms with Crippen molar-refractivity contribution < 1.29 is 4.74 Å². The Hall–Kier alpha value is -0.740. The molecule has 2 N–H and O–H groups in total. The Balaban J connectivity index is 2.12. The van der Waals surface area contributed by atoms with Gasteiger partial charge < -0.3 is 15.4 Å². The Labute approximate surface area is 105 Å². The molecule has 0 fully saturated rings. The van der Waals surface area contributed by atoms with Crippen molar-refractivity contribution in [3.8, 4) is 5.75 Å². The molecule has 2 rings (SSSR count). The lowest BCUT2D eigenvalue weighted by Gasteiger charge is -2.33. The number of fused-ring (bicyclic) bond motifs is 1. The van der Waals surface area contributed by atoms with E-state index in [9.17, 15) is 0 Å². The van der Waals surface area contributed by atoms with Crippen LogP contribution in [0.2, 0.25) is 0 Å². The molecule has 88 valence electrons. The molecule has 0 saturated heterocycles. The van der Waals surface area contributed by atoms with Crippen LogP contribution in [0.25, 0.3) is 0 Å². The van der Waals surface area contributed by atoms with Crippen molar-refractivity contribution in [2.24, 2.45) is 0 Å². The maximum Gasteiger partial charge on any atom is 0.143 e. The van der Waals surface area contributed by atoms with Crippen molar-refractivity contribution in [2.45, 2.75) is 25.5 Å². The number of benzene rings is 1. The molecule has 1 aliphatic heterocycles. The highest BCUT2D eigenvalue weighted by atomic mass is 79.9. The Bertz CT molecular complexity index is 370. The van der Waals surface area contributed by atoms with E-state index < -0.39 is 0 Å². The summed E-state index contributed by atoms with van der Waals surface area (Å²) in [5.41, 5.74) is 1.07. The van der Waals surface area contributed by atoms with Gasteiger partial charge in [0, 0.05) is 4.47 Å². The summed E-state index contributed by atoms with van der Waals surface area (Å²) in [5.74, 6) is 0.947. The van der Waals surface area contributed by atoms with Gasteiger partial charge in [0.1, 0.15) is 11.9 Å². The van der Waals surface area contributed by atoms with E-state index in [1.165, 1.54) is 0 Å². The summed E-state index contributed by atoms with van der Waals surface area (Å²) in [6, 6.07) is 6.41. The zero-order chi connectivity index (χ0) is 11.5. The minimum atomic E-state index is 0.237. The van der Waals surface area contributed by atoms with Gasteiger partial charge in [-0.15, -0.1) is 0 Å². The van der Waals surface area contributed by atoms with Crippen LogP contribution in [-0.4, -0.2) is 25.7 Å². The topological polar surface area (TPSA) is 33.3 Å². The van der Waals surface area contributed by atoms with Crippen molar-refractivity contribution in [1.29, 1.82) is 0 Å². The summed E-state index contributed by atoms with van der Waals surface area (Å²) in [7, 11) is 1.96. The molecule has 3 nitrogen and oxygen atoms in total. The van der Waals surface area contributed by atoms with E-state index in [2.05, 4.69) is 39.6 Å². The average Bonchev–Trinajstić information content (AvgIpc) is 2.26. The summed E-state index contributed by atoms with van der Waals surface area (Å²) < 4.78 is 7.05. The lowest BCUT2D eigenvalue weighted by molar-refractivity contribution is 0.165. The zero-order valence-electron chi connectivity index (χ0n) is 9.59. The average molecular weight is 285 g/mol. The summed E-state index contributed by atoms with van der Waals surface area (Å²) in [6.07, 6.45) is 1.25. The smallest absolute Gasteiger partial charge is 0.143 e. The molecule has 1 aromatic rings. The number of hydrogen-bond acceptors (Lipinski definition) is 3. The van der Waals surface area contributed by atoms with Crippen LogP contribution in [0, 0.1) is 0 Å². The lowest BCUT2D eigenvalue weighted by Crippen LogP contribution is -2.40. The molecule has 0 spiro atoms. The Morgan fingerprint density at radius 2 is 2.31 bits per heavy atom. The fourth-order valence-electron chi connectivity index (χ4n) is 1.92. The van der Waals surface area contributed by atoms with Gasteiger partial charge >= 0.3 is 0 Å². The molecule has 0 bridgehead atoms. The second kappa shape index (κ2) is 5.06. The van der Waals surface area contributed by atoms with Gasteiger partial charge in [-0.3, -0.25) is 0 Å². The van der Waals surface area contributed by atoms with E-state index in [1.54, 1.807) is 0 Å². The van der Waals surface area contributed by atoms with Crippen LogP contribution in [0.1, 0.15) is 13.3 Å². The first-order valence-corrected chi connectivity index (χ1v) is 6.37. The van der Waals surface area contributed by atoms with Gasteiger partial charge in [-0.25, -0.2) is 0 Å². The number of rotatable bonds is 3. The van der Waals surface area contributed by atoms with Gasteiger partial charge in [0.25, 0.3) is 0 Å². The zero-order valence-corrected chi connectivity index (χ0v) is 11.2. The van der Waals surface area contributed by atoms with Crippen LogP contribution < -0.4 is 15.4 Å². The third-order valence-electron chi connectivity index (χ3n) is 2.84. The highest BCUT2D eigenvalue weighted by molar-refractivity contribution is 9.10. The van der Waals surface area contributed by atoms with Gasteiger partial charge in [0.2, 0.25) is 0 Å². The first kappa shape index (κ1) is 11.7. The molecule has 1 aromatic carbocycles. The Morgan fingerprint density at radius 3 is 3.06 bits per heavy atom. The van der Waals surface area contributed by atoms with Gasteiger partial charge in [-0.2, -0.15) is 0 Å². The molecule has 2 unspecified atom stereocenters. The van der Waals surface area contributed by atoms with Crippen molar-refractivity contribution in [3.05, 3.63) is 22.7 Å². The number of anilines is 1. The molecule has 0 saturated carbocycles. The van der Waals surface area contributed by atoms with Crippen LogP contribution in [-0.2, 0) is 0 Å². The quantitative estimate of drug-likeness (QED) is 0.895. The monoisotopic (exact) mass is 284 g/mol. The van der Waals surface area contributed by atoms with Crippen molar-refractivity contribution in [2.75, 3.05) is 18.9 Å². The largest absolute Gasteiger partial charge is 0.486 e. The van der Waals surface area contributed by atoms with Crippen molar-refractivity contribution in [1.82, 2.24) is 5.32 Å². The third-order valence-corrected chi connectivity index (χ3v) is 3.33. The van der Waals surface area contributed by atoms with Gasteiger partial charge in [-0.05, 0) is 45.1 Å². The molecule has 4 heteroatoms. The molecule has 2 atom stereocenters. The van der Waals surface area contributed by atoms with Crippen LogP contribution >= 0.6 is 15.9 Å². The van der Waals surface area contributed by atoms with Gasteiger partial charge in [0.15, 0.2) is 0 Å². The predicted molar refractivity (Wildman–Crippen MR) is 70.2 cm³/mol. The summed E-state index contributed by atoms with van der Waals surface area (Å²) in [5, 5.41) is 6.63. The van der Waals surface area contributed by atoms with E-state index in [-0.39, 0.29) is 6.10 Å². The van der Waals surface area contributed by atoms with Gasteiger partial charge in [0.05, 0.1) is 11.7 Å². The molecule has 0 amide bonds. The molecular weight excluding hydrogens is 268 g/mol. The number of ether oxygens (including phenoxy) is 1. The molecule has 0 aromatic heterocycles. The third kappa shape index (κ3) is 2.50. The molecule has 1 aliphatic rings. The first-order valence-electron chi connectivity index (χ1n) is 5.58. The SMILES string of the molecule is CNCCC1Oc2ccc(Br)cc2NC1C.